The van der Waals surface area contributed by atoms with E-state index < -0.39 is 5.97 Å². The Morgan fingerprint density at radius 1 is 1.17 bits per heavy atom. The molecule has 0 fully saturated rings. The van der Waals surface area contributed by atoms with Crippen LogP contribution >= 0.6 is 0 Å². The molecular formula is C22H26N4O3. The number of nitrogens with one attached hydrogen (secondary N) is 2. The zero-order valence-corrected chi connectivity index (χ0v) is 17.2. The number of hydrogen-bond acceptors (Lipinski definition) is 4. The van der Waals surface area contributed by atoms with Crippen molar-refractivity contribution in [3.63, 3.8) is 0 Å². The molecule has 2 aromatic heterocycles. The highest BCUT2D eigenvalue weighted by Crippen LogP contribution is 2.20. The maximum Gasteiger partial charge on any atom is 0.340 e. The van der Waals surface area contributed by atoms with Gasteiger partial charge in [0.25, 0.3) is 5.91 Å². The first-order valence-electron chi connectivity index (χ1n) is 9.57. The minimum absolute atomic E-state index is 0.217. The molecule has 2 heterocycles. The number of aromatic amines is 1. The Balaban J connectivity index is 1.63. The molecule has 0 aliphatic carbocycles. The SMILES string of the molecule is Cc1[nH]c(C(=O)NCc2ccc(Cn3ccnc3)cc2)c(C)c1C(=O)OC(C)C. The van der Waals surface area contributed by atoms with E-state index in [1.54, 1.807) is 40.2 Å². The Morgan fingerprint density at radius 2 is 1.86 bits per heavy atom. The first-order valence-corrected chi connectivity index (χ1v) is 9.57. The Morgan fingerprint density at radius 3 is 2.48 bits per heavy atom. The van der Waals surface area contributed by atoms with Crippen molar-refractivity contribution in [3.05, 3.63) is 76.6 Å². The van der Waals surface area contributed by atoms with Crippen LogP contribution in [0, 0.1) is 13.8 Å². The van der Waals surface area contributed by atoms with Gasteiger partial charge in [0.15, 0.2) is 0 Å². The van der Waals surface area contributed by atoms with Crippen LogP contribution in [0.5, 0.6) is 0 Å². The second-order valence-electron chi connectivity index (χ2n) is 7.31. The van der Waals surface area contributed by atoms with Gasteiger partial charge in [0.2, 0.25) is 0 Å². The summed E-state index contributed by atoms with van der Waals surface area (Å²) in [5.74, 6) is -0.671. The van der Waals surface area contributed by atoms with Gasteiger partial charge in [-0.3, -0.25) is 4.79 Å². The number of H-pyrrole nitrogens is 1. The molecule has 0 saturated heterocycles. The predicted octanol–water partition coefficient (Wildman–Crippen LogP) is 3.37. The first kappa shape index (κ1) is 20.4. The van der Waals surface area contributed by atoms with Crippen LogP contribution in [-0.4, -0.2) is 32.5 Å². The second kappa shape index (κ2) is 8.77. The summed E-state index contributed by atoms with van der Waals surface area (Å²) in [5.41, 5.74) is 4.18. The summed E-state index contributed by atoms with van der Waals surface area (Å²) in [4.78, 5) is 32.0. The van der Waals surface area contributed by atoms with E-state index in [2.05, 4.69) is 15.3 Å². The number of amides is 1. The lowest BCUT2D eigenvalue weighted by molar-refractivity contribution is 0.0376. The fourth-order valence-electron chi connectivity index (χ4n) is 3.18. The van der Waals surface area contributed by atoms with Crippen molar-refractivity contribution in [2.45, 2.75) is 46.9 Å². The molecule has 1 aromatic carbocycles. The minimum atomic E-state index is -0.418. The molecule has 1 amide bonds. The summed E-state index contributed by atoms with van der Waals surface area (Å²) in [6.07, 6.45) is 5.23. The summed E-state index contributed by atoms with van der Waals surface area (Å²) in [5, 5.41) is 2.90. The quantitative estimate of drug-likeness (QED) is 0.601. The molecule has 0 atom stereocenters. The molecule has 2 N–H and O–H groups in total. The van der Waals surface area contributed by atoms with Crippen LogP contribution in [0.1, 0.15) is 57.1 Å². The lowest BCUT2D eigenvalue weighted by Crippen LogP contribution is -2.24. The Bertz CT molecular complexity index is 986. The van der Waals surface area contributed by atoms with E-state index in [-0.39, 0.29) is 12.0 Å². The van der Waals surface area contributed by atoms with E-state index in [1.165, 1.54) is 0 Å². The van der Waals surface area contributed by atoms with Crippen molar-refractivity contribution in [1.29, 1.82) is 0 Å². The average Bonchev–Trinajstić information content (AvgIpc) is 3.27. The number of benzene rings is 1. The molecule has 29 heavy (non-hydrogen) atoms. The molecule has 152 valence electrons. The highest BCUT2D eigenvalue weighted by Gasteiger charge is 2.23. The number of carbonyl (C=O) groups excluding carboxylic acids is 2. The first-order chi connectivity index (χ1) is 13.8. The number of ether oxygens (including phenoxy) is 1. The molecule has 3 aromatic rings. The molecule has 7 nitrogen and oxygen atoms in total. The number of aryl methyl sites for hydroxylation is 1. The van der Waals surface area contributed by atoms with Crippen LogP contribution in [0.4, 0.5) is 0 Å². The molecular weight excluding hydrogens is 368 g/mol. The molecule has 7 heteroatoms. The predicted molar refractivity (Wildman–Crippen MR) is 110 cm³/mol. The third kappa shape index (κ3) is 4.93. The molecule has 0 radical (unpaired) electrons. The van der Waals surface area contributed by atoms with E-state index in [9.17, 15) is 9.59 Å². The van der Waals surface area contributed by atoms with Gasteiger partial charge >= 0.3 is 5.97 Å². The molecule has 0 aliphatic rings. The monoisotopic (exact) mass is 394 g/mol. The summed E-state index contributed by atoms with van der Waals surface area (Å²) in [7, 11) is 0. The van der Waals surface area contributed by atoms with Crippen molar-refractivity contribution in [3.8, 4) is 0 Å². The maximum atomic E-state index is 12.6. The fraction of sp³-hybridized carbons (Fsp3) is 0.318. The zero-order valence-electron chi connectivity index (χ0n) is 17.2. The number of carbonyl (C=O) groups is 2. The van der Waals surface area contributed by atoms with Gasteiger partial charge in [-0.15, -0.1) is 0 Å². The second-order valence-corrected chi connectivity index (χ2v) is 7.31. The number of imidazole rings is 1. The maximum absolute atomic E-state index is 12.6. The minimum Gasteiger partial charge on any atom is -0.459 e. The van der Waals surface area contributed by atoms with Gasteiger partial charge in [-0.25, -0.2) is 9.78 Å². The Hall–Kier alpha value is -3.35. The summed E-state index contributed by atoms with van der Waals surface area (Å²) in [6.45, 7) is 8.25. The third-order valence-corrected chi connectivity index (χ3v) is 4.61. The van der Waals surface area contributed by atoms with Gasteiger partial charge in [0.1, 0.15) is 5.69 Å². The highest BCUT2D eigenvalue weighted by atomic mass is 16.5. The fourth-order valence-corrected chi connectivity index (χ4v) is 3.18. The van der Waals surface area contributed by atoms with Crippen molar-refractivity contribution >= 4 is 11.9 Å². The van der Waals surface area contributed by atoms with Crippen LogP contribution in [0.3, 0.4) is 0 Å². The van der Waals surface area contributed by atoms with Gasteiger partial charge in [-0.05, 0) is 44.4 Å². The number of hydrogen-bond donors (Lipinski definition) is 2. The van der Waals surface area contributed by atoms with E-state index in [0.29, 0.717) is 29.1 Å². The van der Waals surface area contributed by atoms with Crippen molar-refractivity contribution in [2.75, 3.05) is 0 Å². The molecule has 0 unspecified atom stereocenters. The number of aromatic nitrogens is 3. The normalized spacial score (nSPS) is 10.9. The van der Waals surface area contributed by atoms with Crippen LogP contribution in [0.2, 0.25) is 0 Å². The smallest absolute Gasteiger partial charge is 0.340 e. The van der Waals surface area contributed by atoms with Gasteiger partial charge in [-0.1, -0.05) is 24.3 Å². The molecule has 0 aliphatic heterocycles. The van der Waals surface area contributed by atoms with E-state index in [4.69, 9.17) is 4.74 Å². The van der Waals surface area contributed by atoms with E-state index in [0.717, 1.165) is 17.7 Å². The highest BCUT2D eigenvalue weighted by molar-refractivity contribution is 6.00. The van der Waals surface area contributed by atoms with Crippen molar-refractivity contribution < 1.29 is 14.3 Å². The lowest BCUT2D eigenvalue weighted by Gasteiger charge is -2.09. The van der Waals surface area contributed by atoms with Crippen LogP contribution in [0.15, 0.2) is 43.0 Å². The van der Waals surface area contributed by atoms with Gasteiger partial charge in [-0.2, -0.15) is 0 Å². The molecule has 0 bridgehead atoms. The third-order valence-electron chi connectivity index (χ3n) is 4.61. The van der Waals surface area contributed by atoms with Gasteiger partial charge < -0.3 is 19.6 Å². The summed E-state index contributed by atoms with van der Waals surface area (Å²) < 4.78 is 7.27. The molecule has 3 rings (SSSR count). The van der Waals surface area contributed by atoms with Gasteiger partial charge in [0, 0.05) is 31.2 Å². The van der Waals surface area contributed by atoms with E-state index >= 15 is 0 Å². The largest absolute Gasteiger partial charge is 0.459 e. The van der Waals surface area contributed by atoms with E-state index in [1.807, 2.05) is 35.0 Å². The standard InChI is InChI=1S/C22H26N4O3/c1-14(2)29-22(28)19-15(3)20(25-16(19)4)21(27)24-11-17-5-7-18(8-6-17)12-26-10-9-23-13-26/h5-10,13-14,25H,11-12H2,1-4H3,(H,24,27). The summed E-state index contributed by atoms with van der Waals surface area (Å²) in [6, 6.07) is 8.05. The lowest BCUT2D eigenvalue weighted by atomic mass is 10.1. The van der Waals surface area contributed by atoms with Crippen LogP contribution < -0.4 is 5.32 Å². The van der Waals surface area contributed by atoms with Gasteiger partial charge in [0.05, 0.1) is 18.0 Å². The number of nitrogens with zero attached hydrogens (tertiary/aromatic N) is 2. The van der Waals surface area contributed by atoms with Crippen molar-refractivity contribution in [2.24, 2.45) is 0 Å². The Labute approximate surface area is 170 Å². The zero-order chi connectivity index (χ0) is 21.0. The number of esters is 1. The topological polar surface area (TPSA) is 89.0 Å². The Kier molecular flexibility index (Phi) is 6.16. The van der Waals surface area contributed by atoms with Crippen LogP contribution in [0.25, 0.3) is 0 Å². The molecule has 0 spiro atoms. The summed E-state index contributed by atoms with van der Waals surface area (Å²) >= 11 is 0. The van der Waals surface area contributed by atoms with Crippen LogP contribution in [-0.2, 0) is 17.8 Å². The number of rotatable bonds is 7. The average molecular weight is 394 g/mol. The van der Waals surface area contributed by atoms with Crippen molar-refractivity contribution in [1.82, 2.24) is 19.9 Å². The molecule has 0 saturated carbocycles.